The predicted molar refractivity (Wildman–Crippen MR) is 101 cm³/mol. The Morgan fingerprint density at radius 3 is 2.63 bits per heavy atom. The molecule has 1 unspecified atom stereocenters. The average Bonchev–Trinajstić information content (AvgIpc) is 2.70. The number of halogens is 2. The van der Waals surface area contributed by atoms with Gasteiger partial charge >= 0.3 is 0 Å². The predicted octanol–water partition coefficient (Wildman–Crippen LogP) is 3.26. The highest BCUT2D eigenvalue weighted by molar-refractivity contribution is 5.39. The van der Waals surface area contributed by atoms with Gasteiger partial charge in [0.1, 0.15) is 12.1 Å². The van der Waals surface area contributed by atoms with E-state index in [1.165, 1.54) is 6.07 Å². The van der Waals surface area contributed by atoms with Crippen molar-refractivity contribution >= 4 is 5.82 Å². The molecule has 1 atom stereocenters. The summed E-state index contributed by atoms with van der Waals surface area (Å²) in [7, 11) is 1.61. The molecule has 2 heterocycles. The van der Waals surface area contributed by atoms with Crippen LogP contribution in [0.3, 0.4) is 0 Å². The molecule has 1 aliphatic rings. The highest BCUT2D eigenvalue weighted by Gasteiger charge is 2.24. The summed E-state index contributed by atoms with van der Waals surface area (Å²) in [6.45, 7) is 4.25. The normalized spacial score (nSPS) is 16.5. The molecule has 1 saturated heterocycles. The number of anilines is 1. The van der Waals surface area contributed by atoms with Crippen LogP contribution in [0.2, 0.25) is 0 Å². The lowest BCUT2D eigenvalue weighted by Crippen LogP contribution is -2.44. The van der Waals surface area contributed by atoms with E-state index in [0.29, 0.717) is 12.2 Å². The number of hydrogen-bond donors (Lipinski definition) is 1. The van der Waals surface area contributed by atoms with Crippen molar-refractivity contribution in [2.24, 2.45) is 0 Å². The van der Waals surface area contributed by atoms with Crippen molar-refractivity contribution in [3.05, 3.63) is 53.5 Å². The van der Waals surface area contributed by atoms with Gasteiger partial charge in [-0.05, 0) is 37.0 Å². The van der Waals surface area contributed by atoms with Crippen LogP contribution in [0.15, 0.2) is 30.6 Å². The molecule has 0 bridgehead atoms. The monoisotopic (exact) mass is 376 g/mol. The Kier molecular flexibility index (Phi) is 6.68. The summed E-state index contributed by atoms with van der Waals surface area (Å²) in [5, 5.41) is 3.54. The minimum absolute atomic E-state index is 0.174. The van der Waals surface area contributed by atoms with Crippen LogP contribution in [0.1, 0.15) is 37.1 Å². The first-order valence-electron chi connectivity index (χ1n) is 9.36. The molecule has 0 radical (unpaired) electrons. The smallest absolute Gasteiger partial charge is 0.159 e. The van der Waals surface area contributed by atoms with Crippen LogP contribution in [-0.2, 0) is 11.2 Å². The van der Waals surface area contributed by atoms with Crippen LogP contribution in [0.4, 0.5) is 14.6 Å². The van der Waals surface area contributed by atoms with Crippen molar-refractivity contribution in [1.82, 2.24) is 15.3 Å². The van der Waals surface area contributed by atoms with E-state index < -0.39 is 11.6 Å². The van der Waals surface area contributed by atoms with Gasteiger partial charge in [-0.15, -0.1) is 0 Å². The van der Waals surface area contributed by atoms with Crippen LogP contribution in [0, 0.1) is 11.6 Å². The lowest BCUT2D eigenvalue weighted by molar-refractivity contribution is 0.157. The van der Waals surface area contributed by atoms with Crippen LogP contribution < -0.4 is 10.2 Å². The Balaban J connectivity index is 1.61. The number of ether oxygens (including phenoxy) is 1. The Morgan fingerprint density at radius 2 is 1.96 bits per heavy atom. The summed E-state index contributed by atoms with van der Waals surface area (Å²) in [6.07, 6.45) is 4.39. The minimum Gasteiger partial charge on any atom is -0.383 e. The second kappa shape index (κ2) is 9.19. The third-order valence-corrected chi connectivity index (χ3v) is 5.01. The summed E-state index contributed by atoms with van der Waals surface area (Å²) in [6, 6.07) is 6.17. The van der Waals surface area contributed by atoms with Gasteiger partial charge in [0.25, 0.3) is 0 Å². The van der Waals surface area contributed by atoms with Crippen molar-refractivity contribution in [2.45, 2.75) is 38.3 Å². The Hall–Kier alpha value is -2.12. The molecule has 7 heteroatoms. The largest absolute Gasteiger partial charge is 0.383 e. The Bertz CT molecular complexity index is 751. The second-order valence-corrected chi connectivity index (χ2v) is 6.83. The molecule has 1 fully saturated rings. The van der Waals surface area contributed by atoms with Crippen LogP contribution >= 0.6 is 0 Å². The van der Waals surface area contributed by atoms with E-state index in [4.69, 9.17) is 4.74 Å². The lowest BCUT2D eigenvalue weighted by atomic mass is 10.0. The number of hydrogen-bond acceptors (Lipinski definition) is 5. The average molecular weight is 376 g/mol. The highest BCUT2D eigenvalue weighted by atomic mass is 19.2. The van der Waals surface area contributed by atoms with Crippen molar-refractivity contribution in [3.8, 4) is 0 Å². The molecule has 27 heavy (non-hydrogen) atoms. The van der Waals surface area contributed by atoms with Crippen LogP contribution in [-0.4, -0.2) is 42.8 Å². The molecular formula is C20H26F2N4O. The van der Waals surface area contributed by atoms with Gasteiger partial charge in [-0.2, -0.15) is 0 Å². The molecule has 1 aliphatic heterocycles. The van der Waals surface area contributed by atoms with Gasteiger partial charge in [0.2, 0.25) is 0 Å². The zero-order valence-electron chi connectivity index (χ0n) is 15.8. The fourth-order valence-electron chi connectivity index (χ4n) is 3.45. The molecule has 0 amide bonds. The van der Waals surface area contributed by atoms with E-state index in [0.717, 1.165) is 49.9 Å². The molecule has 146 valence electrons. The van der Waals surface area contributed by atoms with Crippen molar-refractivity contribution < 1.29 is 13.5 Å². The van der Waals surface area contributed by atoms with Gasteiger partial charge in [0, 0.05) is 38.0 Å². The molecule has 1 aromatic carbocycles. The molecule has 5 nitrogen and oxygen atoms in total. The first-order chi connectivity index (χ1) is 13.1. The summed E-state index contributed by atoms with van der Waals surface area (Å²) in [4.78, 5) is 10.9. The molecule has 1 N–H and O–H groups in total. The summed E-state index contributed by atoms with van der Waals surface area (Å²) in [5.41, 5.74) is 1.74. The van der Waals surface area contributed by atoms with Gasteiger partial charge in [-0.25, -0.2) is 18.7 Å². The van der Waals surface area contributed by atoms with Gasteiger partial charge in [-0.3, -0.25) is 0 Å². The van der Waals surface area contributed by atoms with Crippen molar-refractivity contribution in [2.75, 3.05) is 31.7 Å². The van der Waals surface area contributed by atoms with Gasteiger partial charge in [0.15, 0.2) is 11.6 Å². The van der Waals surface area contributed by atoms with Crippen LogP contribution in [0.25, 0.3) is 0 Å². The molecule has 1 aromatic heterocycles. The van der Waals surface area contributed by atoms with E-state index in [1.54, 1.807) is 19.5 Å². The molecule has 3 rings (SSSR count). The minimum atomic E-state index is -0.834. The maximum atomic E-state index is 13.6. The molecule has 0 spiro atoms. The fourth-order valence-corrected chi connectivity index (χ4v) is 3.45. The van der Waals surface area contributed by atoms with E-state index in [2.05, 4.69) is 27.1 Å². The number of nitrogens with one attached hydrogen (secondary N) is 1. The van der Waals surface area contributed by atoms with Gasteiger partial charge in [-0.1, -0.05) is 13.0 Å². The number of benzene rings is 1. The number of methoxy groups -OCH3 is 1. The van der Waals surface area contributed by atoms with E-state index in [9.17, 15) is 8.78 Å². The molecular weight excluding hydrogens is 350 g/mol. The summed E-state index contributed by atoms with van der Waals surface area (Å²) < 4.78 is 32.1. The van der Waals surface area contributed by atoms with Crippen molar-refractivity contribution in [3.63, 3.8) is 0 Å². The fraction of sp³-hybridized carbons (Fsp3) is 0.500. The topological polar surface area (TPSA) is 50.3 Å². The first-order valence-corrected chi connectivity index (χ1v) is 9.36. The third kappa shape index (κ3) is 4.99. The van der Waals surface area contributed by atoms with E-state index >= 15 is 0 Å². The number of aryl methyl sites for hydroxylation is 1. The summed E-state index contributed by atoms with van der Waals surface area (Å²) >= 11 is 0. The zero-order valence-corrected chi connectivity index (χ0v) is 15.8. The maximum absolute atomic E-state index is 13.6. The SMILES string of the molecule is CCc1cc(N2CCC(NC(COC)c3ccc(F)c(F)c3)CC2)ncn1. The number of aromatic nitrogens is 2. The van der Waals surface area contributed by atoms with E-state index in [-0.39, 0.29) is 12.1 Å². The van der Waals surface area contributed by atoms with Gasteiger partial charge < -0.3 is 15.0 Å². The highest BCUT2D eigenvalue weighted by Crippen LogP contribution is 2.22. The standard InChI is InChI=1S/C20H26F2N4O/c1-3-15-11-20(24-13-23-15)26-8-6-16(7-9-26)25-19(12-27-2)14-4-5-17(21)18(22)10-14/h4-5,10-11,13,16,19,25H,3,6-9,12H2,1-2H3. The summed E-state index contributed by atoms with van der Waals surface area (Å²) in [5.74, 6) is -0.699. The molecule has 0 aliphatic carbocycles. The molecule has 2 aromatic rings. The quantitative estimate of drug-likeness (QED) is 0.804. The maximum Gasteiger partial charge on any atom is 0.159 e. The number of nitrogens with zero attached hydrogens (tertiary/aromatic N) is 3. The second-order valence-electron chi connectivity index (χ2n) is 6.83. The Morgan fingerprint density at radius 1 is 1.19 bits per heavy atom. The van der Waals surface area contributed by atoms with Gasteiger partial charge in [0.05, 0.1) is 12.6 Å². The van der Waals surface area contributed by atoms with Crippen molar-refractivity contribution in [1.29, 1.82) is 0 Å². The van der Waals surface area contributed by atoms with Crippen LogP contribution in [0.5, 0.6) is 0 Å². The Labute approximate surface area is 158 Å². The van der Waals surface area contributed by atoms with E-state index in [1.807, 2.05) is 6.07 Å². The number of piperidine rings is 1. The third-order valence-electron chi connectivity index (χ3n) is 5.01. The first kappa shape index (κ1) is 19.6. The lowest BCUT2D eigenvalue weighted by Gasteiger charge is -2.35. The number of rotatable bonds is 7. The zero-order chi connectivity index (χ0) is 19.2. The molecule has 0 saturated carbocycles.